The average Bonchev–Trinajstić information content (AvgIpc) is 3.28. The lowest BCUT2D eigenvalue weighted by Crippen LogP contribution is -2.23. The molecule has 0 radical (unpaired) electrons. The van der Waals surface area contributed by atoms with Gasteiger partial charge in [-0.25, -0.2) is 9.07 Å². The lowest BCUT2D eigenvalue weighted by Gasteiger charge is -2.25. The highest BCUT2D eigenvalue weighted by Crippen LogP contribution is 2.40. The van der Waals surface area contributed by atoms with E-state index in [4.69, 9.17) is 4.52 Å². The van der Waals surface area contributed by atoms with E-state index < -0.39 is 5.67 Å². The van der Waals surface area contributed by atoms with E-state index in [9.17, 15) is 4.39 Å². The minimum atomic E-state index is -1.49. The average molecular weight is 314 g/mol. The standard InChI is InChI=1S/C15H15FN6O/c16-15(7-2-1-3-8-15)14-18-13(19-23-14)11-5-4-6-12(9-11)22-10-17-20-21-22/h4-6,9-10H,1-3,7-8H2. The number of nitrogens with zero attached hydrogens (tertiary/aromatic N) is 6. The fraction of sp³-hybridized carbons (Fsp3) is 0.400. The largest absolute Gasteiger partial charge is 0.335 e. The molecule has 2 aromatic heterocycles. The maximum absolute atomic E-state index is 14.9. The van der Waals surface area contributed by atoms with Crippen LogP contribution >= 0.6 is 0 Å². The zero-order chi connectivity index (χ0) is 15.7. The lowest BCUT2D eigenvalue weighted by atomic mass is 9.86. The maximum atomic E-state index is 14.9. The summed E-state index contributed by atoms with van der Waals surface area (Å²) in [6.45, 7) is 0. The molecule has 7 nitrogen and oxygen atoms in total. The first kappa shape index (κ1) is 14.0. The summed E-state index contributed by atoms with van der Waals surface area (Å²) < 4.78 is 21.6. The van der Waals surface area contributed by atoms with Crippen LogP contribution < -0.4 is 0 Å². The molecule has 3 aromatic rings. The van der Waals surface area contributed by atoms with Crippen molar-refractivity contribution >= 4 is 0 Å². The molecule has 0 atom stereocenters. The maximum Gasteiger partial charge on any atom is 0.264 e. The van der Waals surface area contributed by atoms with E-state index in [0.29, 0.717) is 18.7 Å². The van der Waals surface area contributed by atoms with Crippen LogP contribution in [0, 0.1) is 0 Å². The molecular formula is C15H15FN6O. The number of hydrogen-bond acceptors (Lipinski definition) is 6. The predicted octanol–water partition coefficient (Wildman–Crippen LogP) is 2.84. The van der Waals surface area contributed by atoms with Gasteiger partial charge in [0.25, 0.3) is 5.89 Å². The predicted molar refractivity (Wildman–Crippen MR) is 78.3 cm³/mol. The monoisotopic (exact) mass is 314 g/mol. The van der Waals surface area contributed by atoms with Gasteiger partial charge in [0.05, 0.1) is 5.69 Å². The van der Waals surface area contributed by atoms with Gasteiger partial charge in [0, 0.05) is 5.56 Å². The number of tetrazole rings is 1. The summed E-state index contributed by atoms with van der Waals surface area (Å²) in [5.41, 5.74) is 0.00982. The Bertz CT molecular complexity index is 794. The lowest BCUT2D eigenvalue weighted by molar-refractivity contribution is 0.0647. The van der Waals surface area contributed by atoms with Gasteiger partial charge in [-0.05, 0) is 48.2 Å². The van der Waals surface area contributed by atoms with Gasteiger partial charge < -0.3 is 4.52 Å². The minimum absolute atomic E-state index is 0.0834. The molecule has 2 heterocycles. The summed E-state index contributed by atoms with van der Waals surface area (Å²) in [5, 5.41) is 15.0. The van der Waals surface area contributed by atoms with Gasteiger partial charge >= 0.3 is 0 Å². The van der Waals surface area contributed by atoms with Gasteiger partial charge in [-0.3, -0.25) is 0 Å². The molecule has 23 heavy (non-hydrogen) atoms. The smallest absolute Gasteiger partial charge is 0.264 e. The Kier molecular flexibility index (Phi) is 3.36. The summed E-state index contributed by atoms with van der Waals surface area (Å²) in [4.78, 5) is 4.28. The van der Waals surface area contributed by atoms with Crippen LogP contribution in [-0.4, -0.2) is 30.3 Å². The van der Waals surface area contributed by atoms with Gasteiger partial charge in [0.1, 0.15) is 6.33 Å². The third kappa shape index (κ3) is 2.60. The van der Waals surface area contributed by atoms with Crippen LogP contribution in [0.15, 0.2) is 35.1 Å². The molecule has 118 valence electrons. The summed E-state index contributed by atoms with van der Waals surface area (Å²) in [6, 6.07) is 7.37. The number of halogens is 1. The Balaban J connectivity index is 1.65. The van der Waals surface area contributed by atoms with Crippen LogP contribution in [0.2, 0.25) is 0 Å². The summed E-state index contributed by atoms with van der Waals surface area (Å²) in [7, 11) is 0. The molecule has 8 heteroatoms. The SMILES string of the molecule is FC1(c2nc(-c3cccc(-n4cnnn4)c3)no2)CCCCC1. The molecule has 0 saturated heterocycles. The van der Waals surface area contributed by atoms with Crippen LogP contribution in [0.25, 0.3) is 17.1 Å². The van der Waals surface area contributed by atoms with E-state index in [1.807, 2.05) is 24.3 Å². The Morgan fingerprint density at radius 2 is 2.04 bits per heavy atom. The highest BCUT2D eigenvalue weighted by Gasteiger charge is 2.39. The molecule has 1 aromatic carbocycles. The molecule has 1 saturated carbocycles. The van der Waals surface area contributed by atoms with E-state index in [-0.39, 0.29) is 5.89 Å². The normalized spacial score (nSPS) is 17.3. The highest BCUT2D eigenvalue weighted by atomic mass is 19.1. The van der Waals surface area contributed by atoms with Crippen molar-refractivity contribution in [1.82, 2.24) is 30.3 Å². The van der Waals surface area contributed by atoms with E-state index in [2.05, 4.69) is 25.7 Å². The summed E-state index contributed by atoms with van der Waals surface area (Å²) in [5.74, 6) is 0.456. The van der Waals surface area contributed by atoms with Crippen LogP contribution in [0.4, 0.5) is 4.39 Å². The molecule has 0 N–H and O–H groups in total. The zero-order valence-corrected chi connectivity index (χ0v) is 12.4. The molecule has 0 spiro atoms. The first-order valence-corrected chi connectivity index (χ1v) is 7.61. The van der Waals surface area contributed by atoms with Gasteiger partial charge in [0.2, 0.25) is 5.82 Å². The quantitative estimate of drug-likeness (QED) is 0.739. The Hall–Kier alpha value is -2.64. The number of rotatable bonds is 3. The van der Waals surface area contributed by atoms with E-state index in [0.717, 1.165) is 30.5 Å². The number of alkyl halides is 1. The second-order valence-electron chi connectivity index (χ2n) is 5.75. The van der Waals surface area contributed by atoms with Crippen molar-refractivity contribution in [3.05, 3.63) is 36.5 Å². The topological polar surface area (TPSA) is 82.5 Å². The third-order valence-electron chi connectivity index (χ3n) is 4.17. The molecular weight excluding hydrogens is 299 g/mol. The molecule has 0 unspecified atom stereocenters. The van der Waals surface area contributed by atoms with Gasteiger partial charge in [-0.1, -0.05) is 23.7 Å². The van der Waals surface area contributed by atoms with Crippen molar-refractivity contribution in [3.8, 4) is 17.1 Å². The molecule has 0 amide bonds. The zero-order valence-electron chi connectivity index (χ0n) is 12.4. The van der Waals surface area contributed by atoms with E-state index >= 15 is 0 Å². The Morgan fingerprint density at radius 3 is 2.83 bits per heavy atom. The van der Waals surface area contributed by atoms with Crippen molar-refractivity contribution < 1.29 is 8.91 Å². The second-order valence-corrected chi connectivity index (χ2v) is 5.75. The van der Waals surface area contributed by atoms with Crippen molar-refractivity contribution in [1.29, 1.82) is 0 Å². The first-order valence-electron chi connectivity index (χ1n) is 7.61. The van der Waals surface area contributed by atoms with Crippen molar-refractivity contribution in [2.75, 3.05) is 0 Å². The highest BCUT2D eigenvalue weighted by molar-refractivity contribution is 5.58. The fourth-order valence-electron chi connectivity index (χ4n) is 2.92. The molecule has 4 rings (SSSR count). The van der Waals surface area contributed by atoms with Crippen LogP contribution in [0.3, 0.4) is 0 Å². The van der Waals surface area contributed by atoms with Crippen LogP contribution in [-0.2, 0) is 5.67 Å². The minimum Gasteiger partial charge on any atom is -0.335 e. The summed E-state index contributed by atoms with van der Waals surface area (Å²) in [6.07, 6.45) is 5.14. The number of benzene rings is 1. The molecule has 0 aliphatic heterocycles. The molecule has 1 fully saturated rings. The van der Waals surface area contributed by atoms with Gasteiger partial charge in [-0.15, -0.1) is 5.10 Å². The van der Waals surface area contributed by atoms with E-state index in [1.54, 1.807) is 0 Å². The fourth-order valence-corrected chi connectivity index (χ4v) is 2.92. The van der Waals surface area contributed by atoms with Crippen molar-refractivity contribution in [2.24, 2.45) is 0 Å². The van der Waals surface area contributed by atoms with Crippen LogP contribution in [0.1, 0.15) is 38.0 Å². The molecule has 1 aliphatic carbocycles. The molecule has 0 bridgehead atoms. The van der Waals surface area contributed by atoms with Gasteiger partial charge in [-0.2, -0.15) is 4.98 Å². The van der Waals surface area contributed by atoms with E-state index in [1.165, 1.54) is 11.0 Å². The third-order valence-corrected chi connectivity index (χ3v) is 4.17. The second kappa shape index (κ2) is 5.53. The first-order chi connectivity index (χ1) is 11.2. The number of hydrogen-bond donors (Lipinski definition) is 0. The van der Waals surface area contributed by atoms with Crippen LogP contribution in [0.5, 0.6) is 0 Å². The number of aromatic nitrogens is 6. The molecule has 1 aliphatic rings. The summed E-state index contributed by atoms with van der Waals surface area (Å²) >= 11 is 0. The Labute approximate surface area is 131 Å². The Morgan fingerprint density at radius 1 is 1.17 bits per heavy atom. The van der Waals surface area contributed by atoms with Crippen molar-refractivity contribution in [2.45, 2.75) is 37.8 Å². The van der Waals surface area contributed by atoms with Gasteiger partial charge in [0.15, 0.2) is 5.67 Å². The van der Waals surface area contributed by atoms with Crippen molar-refractivity contribution in [3.63, 3.8) is 0 Å².